The van der Waals surface area contributed by atoms with E-state index in [2.05, 4.69) is 4.98 Å². The molecule has 0 amide bonds. The SMILES string of the molecule is COc1ccc(C(=O)Cn2c(Cc3cccc4ccccc34)c(C)c(=O)[nH]c2=O)cc1. The highest BCUT2D eigenvalue weighted by Gasteiger charge is 2.17. The van der Waals surface area contributed by atoms with Crippen molar-refractivity contribution < 1.29 is 9.53 Å². The van der Waals surface area contributed by atoms with E-state index in [9.17, 15) is 14.4 Å². The molecule has 6 nitrogen and oxygen atoms in total. The Morgan fingerprint density at radius 1 is 0.968 bits per heavy atom. The van der Waals surface area contributed by atoms with Crippen LogP contribution < -0.4 is 16.0 Å². The molecule has 31 heavy (non-hydrogen) atoms. The number of methoxy groups -OCH3 is 1. The Bertz CT molecular complexity index is 1380. The molecule has 0 saturated carbocycles. The molecule has 0 aliphatic carbocycles. The normalized spacial score (nSPS) is 10.9. The molecule has 0 aliphatic heterocycles. The third-order valence-electron chi connectivity index (χ3n) is 5.52. The minimum atomic E-state index is -0.590. The summed E-state index contributed by atoms with van der Waals surface area (Å²) in [5.74, 6) is 0.417. The monoisotopic (exact) mass is 414 g/mol. The first-order valence-corrected chi connectivity index (χ1v) is 9.94. The summed E-state index contributed by atoms with van der Waals surface area (Å²) in [5, 5.41) is 2.12. The summed E-state index contributed by atoms with van der Waals surface area (Å²) >= 11 is 0. The summed E-state index contributed by atoms with van der Waals surface area (Å²) < 4.78 is 6.50. The number of carbonyl (C=O) groups is 1. The van der Waals surface area contributed by atoms with E-state index in [0.29, 0.717) is 29.0 Å². The highest BCUT2D eigenvalue weighted by molar-refractivity contribution is 5.96. The molecule has 0 saturated heterocycles. The number of carbonyl (C=O) groups excluding carboxylic acids is 1. The number of nitrogens with zero attached hydrogens (tertiary/aromatic N) is 1. The number of hydrogen-bond acceptors (Lipinski definition) is 4. The molecular weight excluding hydrogens is 392 g/mol. The first-order chi connectivity index (χ1) is 15.0. The Labute approximate surface area is 178 Å². The van der Waals surface area contributed by atoms with Crippen molar-refractivity contribution >= 4 is 16.6 Å². The Kier molecular flexibility index (Phi) is 5.54. The summed E-state index contributed by atoms with van der Waals surface area (Å²) in [6.07, 6.45) is 0.363. The summed E-state index contributed by atoms with van der Waals surface area (Å²) in [7, 11) is 1.55. The molecule has 1 heterocycles. The summed E-state index contributed by atoms with van der Waals surface area (Å²) in [4.78, 5) is 40.2. The quantitative estimate of drug-likeness (QED) is 0.490. The number of rotatable bonds is 6. The Morgan fingerprint density at radius 3 is 2.42 bits per heavy atom. The van der Waals surface area contributed by atoms with Crippen LogP contribution in [0.1, 0.15) is 27.2 Å². The lowest BCUT2D eigenvalue weighted by atomic mass is 9.99. The molecule has 0 spiro atoms. The van der Waals surface area contributed by atoms with Gasteiger partial charge in [0.25, 0.3) is 5.56 Å². The summed E-state index contributed by atoms with van der Waals surface area (Å²) in [6.45, 7) is 1.51. The van der Waals surface area contributed by atoms with Crippen LogP contribution in [-0.2, 0) is 13.0 Å². The van der Waals surface area contributed by atoms with Gasteiger partial charge in [0.2, 0.25) is 0 Å². The fourth-order valence-electron chi connectivity index (χ4n) is 3.75. The third-order valence-corrected chi connectivity index (χ3v) is 5.52. The molecule has 4 aromatic rings. The predicted molar refractivity (Wildman–Crippen MR) is 120 cm³/mol. The maximum Gasteiger partial charge on any atom is 0.328 e. The molecule has 0 atom stereocenters. The topological polar surface area (TPSA) is 81.2 Å². The number of ketones is 1. The molecule has 0 aliphatic rings. The zero-order chi connectivity index (χ0) is 22.0. The van der Waals surface area contributed by atoms with Crippen molar-refractivity contribution in [3.05, 3.63) is 110 Å². The van der Waals surface area contributed by atoms with Gasteiger partial charge in [-0.3, -0.25) is 19.1 Å². The maximum absolute atomic E-state index is 12.9. The number of benzene rings is 3. The van der Waals surface area contributed by atoms with Crippen molar-refractivity contribution in [3.63, 3.8) is 0 Å². The van der Waals surface area contributed by atoms with Gasteiger partial charge >= 0.3 is 5.69 Å². The van der Waals surface area contributed by atoms with E-state index in [4.69, 9.17) is 4.74 Å². The van der Waals surface area contributed by atoms with Gasteiger partial charge in [-0.15, -0.1) is 0 Å². The predicted octanol–water partition coefficient (Wildman–Crippen LogP) is 3.48. The number of aromatic nitrogens is 2. The van der Waals surface area contributed by atoms with Gasteiger partial charge in [0, 0.05) is 23.2 Å². The molecule has 0 radical (unpaired) electrons. The van der Waals surface area contributed by atoms with Crippen molar-refractivity contribution in [1.29, 1.82) is 0 Å². The highest BCUT2D eigenvalue weighted by Crippen LogP contribution is 2.22. The van der Waals surface area contributed by atoms with Gasteiger partial charge in [0.1, 0.15) is 5.75 Å². The zero-order valence-electron chi connectivity index (χ0n) is 17.3. The lowest BCUT2D eigenvalue weighted by Gasteiger charge is -2.15. The van der Waals surface area contributed by atoms with Crippen LogP contribution in [0.4, 0.5) is 0 Å². The van der Waals surface area contributed by atoms with E-state index in [-0.39, 0.29) is 12.3 Å². The number of nitrogens with one attached hydrogen (secondary N) is 1. The van der Waals surface area contributed by atoms with Crippen LogP contribution in [0.5, 0.6) is 5.75 Å². The molecule has 0 fully saturated rings. The van der Waals surface area contributed by atoms with E-state index in [1.165, 1.54) is 4.57 Å². The van der Waals surface area contributed by atoms with Crippen molar-refractivity contribution in [2.75, 3.05) is 7.11 Å². The first kappa shape index (κ1) is 20.3. The van der Waals surface area contributed by atoms with Crippen LogP contribution in [0.3, 0.4) is 0 Å². The molecule has 1 N–H and O–H groups in total. The zero-order valence-corrected chi connectivity index (χ0v) is 17.3. The van der Waals surface area contributed by atoms with Gasteiger partial charge in [0.05, 0.1) is 13.7 Å². The van der Waals surface area contributed by atoms with E-state index < -0.39 is 11.2 Å². The Morgan fingerprint density at radius 2 is 1.68 bits per heavy atom. The number of hydrogen-bond donors (Lipinski definition) is 1. The number of Topliss-reactive ketones (excluding diaryl/α,β-unsaturated/α-hetero) is 1. The van der Waals surface area contributed by atoms with Gasteiger partial charge in [0.15, 0.2) is 5.78 Å². The van der Waals surface area contributed by atoms with Crippen molar-refractivity contribution in [2.24, 2.45) is 0 Å². The van der Waals surface area contributed by atoms with Crippen LogP contribution in [0.15, 0.2) is 76.3 Å². The van der Waals surface area contributed by atoms with Crippen molar-refractivity contribution in [3.8, 4) is 5.75 Å². The molecule has 6 heteroatoms. The smallest absolute Gasteiger partial charge is 0.328 e. The van der Waals surface area contributed by atoms with Gasteiger partial charge in [-0.25, -0.2) is 4.79 Å². The highest BCUT2D eigenvalue weighted by atomic mass is 16.5. The summed E-state index contributed by atoms with van der Waals surface area (Å²) in [5.41, 5.74) is 1.38. The van der Waals surface area contributed by atoms with E-state index in [0.717, 1.165) is 16.3 Å². The van der Waals surface area contributed by atoms with E-state index in [1.807, 2.05) is 42.5 Å². The molecule has 0 bridgehead atoms. The number of H-pyrrole nitrogens is 1. The fraction of sp³-hybridized carbons (Fsp3) is 0.160. The van der Waals surface area contributed by atoms with Crippen LogP contribution >= 0.6 is 0 Å². The van der Waals surface area contributed by atoms with E-state index >= 15 is 0 Å². The Hall–Kier alpha value is -3.93. The second-order valence-corrected chi connectivity index (χ2v) is 7.38. The average Bonchev–Trinajstić information content (AvgIpc) is 2.79. The number of ether oxygens (including phenoxy) is 1. The second-order valence-electron chi connectivity index (χ2n) is 7.38. The first-order valence-electron chi connectivity index (χ1n) is 9.94. The van der Waals surface area contributed by atoms with Gasteiger partial charge in [-0.1, -0.05) is 42.5 Å². The van der Waals surface area contributed by atoms with E-state index in [1.54, 1.807) is 38.3 Å². The fourth-order valence-corrected chi connectivity index (χ4v) is 3.75. The summed E-state index contributed by atoms with van der Waals surface area (Å²) in [6, 6.07) is 20.6. The lowest BCUT2D eigenvalue weighted by molar-refractivity contribution is 0.0969. The third kappa shape index (κ3) is 4.05. The second kappa shape index (κ2) is 8.44. The van der Waals surface area contributed by atoms with Gasteiger partial charge < -0.3 is 4.74 Å². The largest absolute Gasteiger partial charge is 0.497 e. The molecule has 0 unspecified atom stereocenters. The minimum absolute atomic E-state index is 0.164. The minimum Gasteiger partial charge on any atom is -0.497 e. The van der Waals surface area contributed by atoms with Crippen LogP contribution in [0, 0.1) is 6.92 Å². The number of fused-ring (bicyclic) bond motifs is 1. The van der Waals surface area contributed by atoms with Crippen molar-refractivity contribution in [2.45, 2.75) is 19.9 Å². The van der Waals surface area contributed by atoms with Crippen LogP contribution in [-0.4, -0.2) is 22.4 Å². The molecule has 3 aromatic carbocycles. The van der Waals surface area contributed by atoms with Crippen molar-refractivity contribution in [1.82, 2.24) is 9.55 Å². The average molecular weight is 414 g/mol. The van der Waals surface area contributed by atoms with Crippen LogP contribution in [0.2, 0.25) is 0 Å². The number of aromatic amines is 1. The van der Waals surface area contributed by atoms with Crippen LogP contribution in [0.25, 0.3) is 10.8 Å². The standard InChI is InChI=1S/C25H22N2O4/c1-16-22(14-19-8-5-7-17-6-3-4-9-21(17)19)27(25(30)26-24(16)29)15-23(28)18-10-12-20(31-2)13-11-18/h3-13H,14-15H2,1-2H3,(H,26,29,30). The maximum atomic E-state index is 12.9. The Balaban J connectivity index is 1.76. The van der Waals surface area contributed by atoms with Gasteiger partial charge in [-0.2, -0.15) is 0 Å². The molecular formula is C25H22N2O4. The molecule has 4 rings (SSSR count). The molecule has 1 aromatic heterocycles. The molecule has 156 valence electrons. The lowest BCUT2D eigenvalue weighted by Crippen LogP contribution is -2.36. The van der Waals surface area contributed by atoms with Gasteiger partial charge in [-0.05, 0) is 47.5 Å².